The van der Waals surface area contributed by atoms with Crippen LogP contribution in [0.15, 0.2) is 24.3 Å². The van der Waals surface area contributed by atoms with Gasteiger partial charge in [0, 0.05) is 32.5 Å². The van der Waals surface area contributed by atoms with E-state index in [0.717, 1.165) is 37.2 Å². The van der Waals surface area contributed by atoms with Gasteiger partial charge in [-0.15, -0.1) is 0 Å². The summed E-state index contributed by atoms with van der Waals surface area (Å²) in [6.45, 7) is 3.06. The third-order valence-electron chi connectivity index (χ3n) is 6.13. The summed E-state index contributed by atoms with van der Waals surface area (Å²) >= 11 is 0. The molecule has 0 saturated carbocycles. The topological polar surface area (TPSA) is 79.9 Å². The van der Waals surface area contributed by atoms with Crippen LogP contribution in [-0.2, 0) is 14.3 Å². The fraction of sp³-hybridized carbons (Fsp3) is 0.619. The normalized spacial score (nSPS) is 24.2. The molecule has 28 heavy (non-hydrogen) atoms. The number of rotatable bonds is 7. The lowest BCUT2D eigenvalue weighted by Crippen LogP contribution is -2.48. The van der Waals surface area contributed by atoms with E-state index >= 15 is 0 Å². The van der Waals surface area contributed by atoms with Crippen molar-refractivity contribution in [2.45, 2.75) is 25.3 Å². The van der Waals surface area contributed by atoms with Crippen LogP contribution < -0.4 is 15.4 Å². The molecule has 0 aliphatic carbocycles. The Bertz CT molecular complexity index is 680. The van der Waals surface area contributed by atoms with Gasteiger partial charge in [-0.3, -0.25) is 9.59 Å². The van der Waals surface area contributed by atoms with Crippen LogP contribution in [-0.4, -0.2) is 64.2 Å². The van der Waals surface area contributed by atoms with Crippen LogP contribution in [0.3, 0.4) is 0 Å². The lowest BCUT2D eigenvalue weighted by atomic mass is 9.79. The van der Waals surface area contributed by atoms with E-state index in [1.807, 2.05) is 24.3 Å². The van der Waals surface area contributed by atoms with E-state index in [2.05, 4.69) is 10.6 Å². The summed E-state index contributed by atoms with van der Waals surface area (Å²) in [7, 11) is 5.09. The van der Waals surface area contributed by atoms with Gasteiger partial charge in [0.1, 0.15) is 5.75 Å². The quantitative estimate of drug-likeness (QED) is 0.736. The van der Waals surface area contributed by atoms with Gasteiger partial charge >= 0.3 is 0 Å². The first-order valence-electron chi connectivity index (χ1n) is 9.87. The van der Waals surface area contributed by atoms with Crippen molar-refractivity contribution in [3.8, 4) is 5.75 Å². The molecule has 154 valence electrons. The molecule has 1 aromatic carbocycles. The molecule has 0 aromatic heterocycles. The van der Waals surface area contributed by atoms with Crippen molar-refractivity contribution in [3.05, 3.63) is 29.8 Å². The Morgan fingerprint density at radius 2 is 1.93 bits per heavy atom. The second-order valence-electron chi connectivity index (χ2n) is 7.93. The van der Waals surface area contributed by atoms with Gasteiger partial charge in [0.2, 0.25) is 11.8 Å². The molecule has 0 bridgehead atoms. The second kappa shape index (κ2) is 8.92. The van der Waals surface area contributed by atoms with Crippen molar-refractivity contribution in [1.29, 1.82) is 0 Å². The predicted octanol–water partition coefficient (Wildman–Crippen LogP) is 1.35. The van der Waals surface area contributed by atoms with Gasteiger partial charge < -0.3 is 25.0 Å². The average Bonchev–Trinajstić information content (AvgIpc) is 3.02. The van der Waals surface area contributed by atoms with Gasteiger partial charge in [0.25, 0.3) is 0 Å². The number of likely N-dealkylation sites (tertiary alicyclic amines) is 1. The third kappa shape index (κ3) is 4.31. The zero-order valence-electron chi connectivity index (χ0n) is 17.0. The molecule has 2 fully saturated rings. The summed E-state index contributed by atoms with van der Waals surface area (Å²) in [6.07, 6.45) is 2.16. The molecule has 2 heterocycles. The molecule has 3 rings (SSSR count). The Morgan fingerprint density at radius 3 is 2.54 bits per heavy atom. The Balaban J connectivity index is 1.72. The van der Waals surface area contributed by atoms with Crippen LogP contribution >= 0.6 is 0 Å². The summed E-state index contributed by atoms with van der Waals surface area (Å²) in [5.41, 5.74) is 0.905. The number of hydrogen-bond donors (Lipinski definition) is 2. The van der Waals surface area contributed by atoms with Crippen LogP contribution in [0, 0.1) is 11.3 Å². The van der Waals surface area contributed by atoms with E-state index in [9.17, 15) is 9.59 Å². The first-order valence-corrected chi connectivity index (χ1v) is 9.87. The smallest absolute Gasteiger partial charge is 0.226 e. The lowest BCUT2D eigenvalue weighted by molar-refractivity contribution is -0.128. The SMILES string of the molecule is COCC1(CNC(=O)C2CC(=O)N(C)C2c2ccc(OC)cc2)CCNCC1. The number of ether oxygens (including phenoxy) is 2. The number of nitrogens with one attached hydrogen (secondary N) is 2. The summed E-state index contributed by atoms with van der Waals surface area (Å²) in [6, 6.07) is 7.33. The molecule has 7 nitrogen and oxygen atoms in total. The lowest BCUT2D eigenvalue weighted by Gasteiger charge is -2.37. The van der Waals surface area contributed by atoms with E-state index in [1.54, 1.807) is 26.2 Å². The fourth-order valence-electron chi connectivity index (χ4n) is 4.40. The number of methoxy groups -OCH3 is 2. The van der Waals surface area contributed by atoms with Gasteiger partial charge in [-0.05, 0) is 43.6 Å². The van der Waals surface area contributed by atoms with Crippen LogP contribution in [0.4, 0.5) is 0 Å². The van der Waals surface area contributed by atoms with Crippen LogP contribution in [0.25, 0.3) is 0 Å². The molecule has 2 N–H and O–H groups in total. The van der Waals surface area contributed by atoms with Gasteiger partial charge in [0.05, 0.1) is 25.7 Å². The van der Waals surface area contributed by atoms with E-state index < -0.39 is 5.92 Å². The van der Waals surface area contributed by atoms with Gasteiger partial charge in [0.15, 0.2) is 0 Å². The second-order valence-corrected chi connectivity index (χ2v) is 7.93. The molecule has 2 amide bonds. The van der Waals surface area contributed by atoms with E-state index in [4.69, 9.17) is 9.47 Å². The molecule has 7 heteroatoms. The zero-order chi connectivity index (χ0) is 20.1. The number of benzene rings is 1. The largest absolute Gasteiger partial charge is 0.497 e. The van der Waals surface area contributed by atoms with Gasteiger partial charge in [-0.2, -0.15) is 0 Å². The maximum atomic E-state index is 13.1. The maximum absolute atomic E-state index is 13.1. The first-order chi connectivity index (χ1) is 13.5. The van der Waals surface area contributed by atoms with Crippen molar-refractivity contribution >= 4 is 11.8 Å². The van der Waals surface area contributed by atoms with Gasteiger partial charge in [-0.1, -0.05) is 12.1 Å². The highest BCUT2D eigenvalue weighted by atomic mass is 16.5. The Morgan fingerprint density at radius 1 is 1.25 bits per heavy atom. The highest BCUT2D eigenvalue weighted by molar-refractivity contribution is 5.90. The van der Waals surface area contributed by atoms with E-state index in [1.165, 1.54) is 0 Å². The van der Waals surface area contributed by atoms with Crippen LogP contribution in [0.2, 0.25) is 0 Å². The van der Waals surface area contributed by atoms with Crippen LogP contribution in [0.5, 0.6) is 5.75 Å². The van der Waals surface area contributed by atoms with Crippen molar-refractivity contribution in [1.82, 2.24) is 15.5 Å². The Hall–Kier alpha value is -2.12. The molecule has 2 unspecified atom stereocenters. The molecule has 2 saturated heterocycles. The van der Waals surface area contributed by atoms with E-state index in [-0.39, 0.29) is 29.7 Å². The monoisotopic (exact) mass is 389 g/mol. The van der Waals surface area contributed by atoms with Crippen molar-refractivity contribution in [2.75, 3.05) is 47.5 Å². The molecular formula is C21H31N3O4. The minimum Gasteiger partial charge on any atom is -0.497 e. The first kappa shape index (κ1) is 20.6. The van der Waals surface area contributed by atoms with E-state index in [0.29, 0.717) is 13.2 Å². The molecule has 1 aromatic rings. The van der Waals surface area contributed by atoms with Crippen molar-refractivity contribution in [3.63, 3.8) is 0 Å². The van der Waals surface area contributed by atoms with Crippen LogP contribution in [0.1, 0.15) is 30.9 Å². The number of carbonyl (C=O) groups excluding carboxylic acids is 2. The van der Waals surface area contributed by atoms with Gasteiger partial charge in [-0.25, -0.2) is 0 Å². The minimum absolute atomic E-state index is 0.00515. The molecule has 2 atom stereocenters. The molecule has 2 aliphatic rings. The molecular weight excluding hydrogens is 358 g/mol. The number of hydrogen-bond acceptors (Lipinski definition) is 5. The maximum Gasteiger partial charge on any atom is 0.226 e. The van der Waals surface area contributed by atoms with Crippen molar-refractivity contribution < 1.29 is 19.1 Å². The summed E-state index contributed by atoms with van der Waals surface area (Å²) < 4.78 is 10.7. The molecule has 0 spiro atoms. The number of piperidine rings is 1. The highest BCUT2D eigenvalue weighted by Crippen LogP contribution is 2.38. The summed E-state index contributed by atoms with van der Waals surface area (Å²) in [5, 5.41) is 6.49. The van der Waals surface area contributed by atoms with Crippen molar-refractivity contribution in [2.24, 2.45) is 11.3 Å². The molecule has 0 radical (unpaired) electrons. The zero-order valence-corrected chi connectivity index (χ0v) is 17.0. The highest BCUT2D eigenvalue weighted by Gasteiger charge is 2.43. The number of carbonyl (C=O) groups is 2. The summed E-state index contributed by atoms with van der Waals surface area (Å²) in [5.74, 6) is 0.290. The Labute approximate surface area is 166 Å². The summed E-state index contributed by atoms with van der Waals surface area (Å²) in [4.78, 5) is 27.1. The minimum atomic E-state index is -0.396. The Kier molecular flexibility index (Phi) is 6.57. The molecule has 2 aliphatic heterocycles. The fourth-order valence-corrected chi connectivity index (χ4v) is 4.40. The number of amides is 2. The predicted molar refractivity (Wildman–Crippen MR) is 106 cm³/mol. The average molecular weight is 389 g/mol. The standard InChI is InChI=1S/C21H31N3O4/c1-24-18(25)12-17(19(24)15-4-6-16(28-3)7-5-15)20(26)23-13-21(14-27-2)8-10-22-11-9-21/h4-7,17,19,22H,8-14H2,1-3H3,(H,23,26). The number of nitrogens with zero attached hydrogens (tertiary/aromatic N) is 1. The third-order valence-corrected chi connectivity index (χ3v) is 6.13.